The van der Waals surface area contributed by atoms with Gasteiger partial charge in [0.25, 0.3) is 0 Å². The summed E-state index contributed by atoms with van der Waals surface area (Å²) in [5, 5.41) is 0. The van der Waals surface area contributed by atoms with Crippen LogP contribution in [-0.4, -0.2) is 14.2 Å². The van der Waals surface area contributed by atoms with Crippen molar-refractivity contribution in [1.82, 2.24) is 0 Å². The Labute approximate surface area is 133 Å². The van der Waals surface area contributed by atoms with Crippen molar-refractivity contribution in [3.8, 4) is 11.1 Å². The predicted molar refractivity (Wildman–Crippen MR) is 91.4 cm³/mol. The summed E-state index contributed by atoms with van der Waals surface area (Å²) in [6, 6.07) is 9.33. The first-order chi connectivity index (χ1) is 10.6. The number of hydrogen-bond donors (Lipinski definition) is 0. The number of benzene rings is 2. The van der Waals surface area contributed by atoms with Gasteiger partial charge in [-0.3, -0.25) is 0 Å². The van der Waals surface area contributed by atoms with Crippen LogP contribution in [-0.2, 0) is 28.8 Å². The molecule has 0 N–H and O–H groups in total. The fraction of sp³-hybridized carbons (Fsp3) is 0.333. The Morgan fingerprint density at radius 2 is 1.59 bits per heavy atom. The Morgan fingerprint density at radius 3 is 2.05 bits per heavy atom. The molecule has 0 saturated carbocycles. The van der Waals surface area contributed by atoms with Crippen molar-refractivity contribution in [2.24, 2.45) is 0 Å². The largest absolute Gasteiger partial charge is 0.380 e. The number of rotatable bonds is 6. The van der Waals surface area contributed by atoms with E-state index in [1.165, 1.54) is 5.56 Å². The minimum atomic E-state index is -0.203. The third kappa shape index (κ3) is 3.73. The molecular formula is C18H22FO2P. The molecule has 22 heavy (non-hydrogen) atoms. The van der Waals surface area contributed by atoms with E-state index in [1.807, 2.05) is 31.2 Å². The van der Waals surface area contributed by atoms with Crippen LogP contribution >= 0.6 is 9.24 Å². The number of methoxy groups -OCH3 is 2. The van der Waals surface area contributed by atoms with E-state index in [-0.39, 0.29) is 5.82 Å². The molecule has 0 aliphatic heterocycles. The number of halogens is 1. The summed E-state index contributed by atoms with van der Waals surface area (Å²) in [6.45, 7) is 2.89. The molecule has 0 heterocycles. The molecule has 0 bridgehead atoms. The summed E-state index contributed by atoms with van der Waals surface area (Å²) in [6.07, 6.45) is 0.814. The molecule has 0 aliphatic rings. The minimum absolute atomic E-state index is 0.203. The highest BCUT2D eigenvalue weighted by Crippen LogP contribution is 2.30. The normalized spacial score (nSPS) is 11.0. The number of ether oxygens (including phenoxy) is 2. The maximum atomic E-state index is 14.3. The molecule has 1 unspecified atom stereocenters. The molecule has 0 aliphatic carbocycles. The quantitative estimate of drug-likeness (QED) is 0.731. The fourth-order valence-corrected chi connectivity index (χ4v) is 3.16. The first-order valence-corrected chi connectivity index (χ1v) is 8.01. The van der Waals surface area contributed by atoms with Gasteiger partial charge in [0.05, 0.1) is 13.2 Å². The van der Waals surface area contributed by atoms with Crippen molar-refractivity contribution in [1.29, 1.82) is 0 Å². The third-order valence-corrected chi connectivity index (χ3v) is 4.08. The first-order valence-electron chi connectivity index (χ1n) is 7.19. The molecule has 1 atom stereocenters. The molecule has 0 saturated heterocycles. The molecule has 0 radical (unpaired) electrons. The number of hydrogen-bond acceptors (Lipinski definition) is 2. The van der Waals surface area contributed by atoms with Crippen molar-refractivity contribution in [2.45, 2.75) is 26.3 Å². The van der Waals surface area contributed by atoms with Crippen LogP contribution < -0.4 is 0 Å². The van der Waals surface area contributed by atoms with E-state index < -0.39 is 0 Å². The molecule has 4 heteroatoms. The Kier molecular flexibility index (Phi) is 6.07. The van der Waals surface area contributed by atoms with Gasteiger partial charge < -0.3 is 9.47 Å². The van der Waals surface area contributed by atoms with E-state index >= 15 is 0 Å². The molecule has 0 fully saturated rings. The first kappa shape index (κ1) is 17.1. The van der Waals surface area contributed by atoms with Gasteiger partial charge in [0.2, 0.25) is 0 Å². The average Bonchev–Trinajstić information content (AvgIpc) is 2.47. The Morgan fingerprint density at radius 1 is 1.00 bits per heavy atom. The van der Waals surface area contributed by atoms with Crippen LogP contribution in [0.3, 0.4) is 0 Å². The van der Waals surface area contributed by atoms with Crippen LogP contribution in [0.25, 0.3) is 11.1 Å². The fourth-order valence-electron chi connectivity index (χ4n) is 2.64. The van der Waals surface area contributed by atoms with Gasteiger partial charge in [-0.25, -0.2) is 4.39 Å². The maximum Gasteiger partial charge on any atom is 0.131 e. The Balaban J connectivity index is 2.60. The lowest BCUT2D eigenvalue weighted by atomic mass is 9.94. The van der Waals surface area contributed by atoms with Gasteiger partial charge in [-0.05, 0) is 59.1 Å². The zero-order valence-electron chi connectivity index (χ0n) is 13.3. The second kappa shape index (κ2) is 7.82. The van der Waals surface area contributed by atoms with Crippen LogP contribution in [0.4, 0.5) is 4.39 Å². The van der Waals surface area contributed by atoms with E-state index in [0.29, 0.717) is 18.8 Å². The molecule has 0 aromatic heterocycles. The van der Waals surface area contributed by atoms with Crippen LogP contribution in [0.1, 0.15) is 22.3 Å². The Hall–Kier alpha value is -1.28. The second-order valence-electron chi connectivity index (χ2n) is 5.33. The number of aryl methyl sites for hydroxylation is 1. The van der Waals surface area contributed by atoms with Gasteiger partial charge in [0.1, 0.15) is 5.82 Å². The standard InChI is InChI=1S/C18H22FO2P/c1-12-4-5-16(18(19)6-12)13-7-14(9-20-2)17(11-22)15(8-13)10-21-3/h4-8H,9-11,22H2,1-3H3. The lowest BCUT2D eigenvalue weighted by molar-refractivity contribution is 0.179. The van der Waals surface area contributed by atoms with Gasteiger partial charge in [0.15, 0.2) is 0 Å². The van der Waals surface area contributed by atoms with Gasteiger partial charge in [-0.2, -0.15) is 0 Å². The minimum Gasteiger partial charge on any atom is -0.380 e. The zero-order valence-corrected chi connectivity index (χ0v) is 14.4. The molecule has 2 rings (SSSR count). The summed E-state index contributed by atoms with van der Waals surface area (Å²) in [5.41, 5.74) is 5.71. The van der Waals surface area contributed by atoms with Gasteiger partial charge >= 0.3 is 0 Å². The van der Waals surface area contributed by atoms with Crippen LogP contribution in [0, 0.1) is 12.7 Å². The van der Waals surface area contributed by atoms with Crippen LogP contribution in [0.15, 0.2) is 30.3 Å². The molecule has 2 aromatic carbocycles. The molecule has 2 aromatic rings. The van der Waals surface area contributed by atoms with Crippen LogP contribution in [0.5, 0.6) is 0 Å². The third-order valence-electron chi connectivity index (χ3n) is 3.67. The summed E-state index contributed by atoms with van der Waals surface area (Å²) in [5.74, 6) is -0.203. The molecular weight excluding hydrogens is 298 g/mol. The van der Waals surface area contributed by atoms with E-state index in [9.17, 15) is 4.39 Å². The maximum absolute atomic E-state index is 14.3. The monoisotopic (exact) mass is 320 g/mol. The van der Waals surface area contributed by atoms with Crippen LogP contribution in [0.2, 0.25) is 0 Å². The van der Waals surface area contributed by atoms with Gasteiger partial charge in [-0.15, -0.1) is 9.24 Å². The van der Waals surface area contributed by atoms with Crippen molar-refractivity contribution < 1.29 is 13.9 Å². The summed E-state index contributed by atoms with van der Waals surface area (Å²) < 4.78 is 24.9. The summed E-state index contributed by atoms with van der Waals surface area (Å²) in [7, 11) is 6.07. The molecule has 2 nitrogen and oxygen atoms in total. The lowest BCUT2D eigenvalue weighted by Gasteiger charge is -2.16. The smallest absolute Gasteiger partial charge is 0.131 e. The average molecular weight is 320 g/mol. The predicted octanol–water partition coefficient (Wildman–Crippen LogP) is 4.47. The lowest BCUT2D eigenvalue weighted by Crippen LogP contribution is -2.02. The molecule has 0 spiro atoms. The highest BCUT2D eigenvalue weighted by molar-refractivity contribution is 7.15. The molecule has 118 valence electrons. The molecule has 0 amide bonds. The van der Waals surface area contributed by atoms with Gasteiger partial charge in [-0.1, -0.05) is 12.1 Å². The highest BCUT2D eigenvalue weighted by Gasteiger charge is 2.13. The van der Waals surface area contributed by atoms with Crippen molar-refractivity contribution >= 4 is 9.24 Å². The van der Waals surface area contributed by atoms with E-state index in [2.05, 4.69) is 9.24 Å². The zero-order chi connectivity index (χ0) is 16.1. The SMILES string of the molecule is COCc1cc(-c2ccc(C)cc2F)cc(COC)c1CP. The second-order valence-corrected chi connectivity index (χ2v) is 5.73. The van der Waals surface area contributed by atoms with Gasteiger partial charge in [0, 0.05) is 19.8 Å². The van der Waals surface area contributed by atoms with Crippen molar-refractivity contribution in [2.75, 3.05) is 14.2 Å². The van der Waals surface area contributed by atoms with Crippen molar-refractivity contribution in [3.63, 3.8) is 0 Å². The van der Waals surface area contributed by atoms with E-state index in [0.717, 1.165) is 28.4 Å². The van der Waals surface area contributed by atoms with E-state index in [1.54, 1.807) is 20.3 Å². The topological polar surface area (TPSA) is 18.5 Å². The highest BCUT2D eigenvalue weighted by atomic mass is 31.0. The summed E-state index contributed by atoms with van der Waals surface area (Å²) in [4.78, 5) is 0. The summed E-state index contributed by atoms with van der Waals surface area (Å²) >= 11 is 0. The van der Waals surface area contributed by atoms with E-state index in [4.69, 9.17) is 9.47 Å². The van der Waals surface area contributed by atoms with Crippen molar-refractivity contribution in [3.05, 3.63) is 58.4 Å². The Bertz CT molecular complexity index is 629.